The number of carbonyl (C=O) groups excluding carboxylic acids is 2. The van der Waals surface area contributed by atoms with Crippen LogP contribution in [0.1, 0.15) is 23.6 Å². The molecule has 120 valence electrons. The van der Waals surface area contributed by atoms with Crippen LogP contribution in [0.25, 0.3) is 0 Å². The SMILES string of the molecule is C#CCN(CC(=O)NC(=O)NCC=C)[C@H]1CCc2ccccc21. The van der Waals surface area contributed by atoms with Gasteiger partial charge in [0, 0.05) is 12.6 Å². The highest BCUT2D eigenvalue weighted by Gasteiger charge is 2.28. The minimum atomic E-state index is -0.526. The minimum Gasteiger partial charge on any atom is -0.334 e. The van der Waals surface area contributed by atoms with Crippen molar-refractivity contribution in [1.29, 1.82) is 0 Å². The van der Waals surface area contributed by atoms with E-state index in [1.54, 1.807) is 6.08 Å². The molecule has 5 heteroatoms. The van der Waals surface area contributed by atoms with Gasteiger partial charge in [0.1, 0.15) is 0 Å². The van der Waals surface area contributed by atoms with Gasteiger partial charge >= 0.3 is 6.03 Å². The molecule has 0 spiro atoms. The molecule has 0 saturated carbocycles. The van der Waals surface area contributed by atoms with Crippen molar-refractivity contribution in [2.75, 3.05) is 19.6 Å². The lowest BCUT2D eigenvalue weighted by Crippen LogP contribution is -2.45. The number of carbonyl (C=O) groups is 2. The number of nitrogens with one attached hydrogen (secondary N) is 2. The fourth-order valence-electron chi connectivity index (χ4n) is 2.87. The molecule has 1 aliphatic rings. The van der Waals surface area contributed by atoms with E-state index in [0.717, 1.165) is 12.8 Å². The van der Waals surface area contributed by atoms with Gasteiger partial charge in [0.2, 0.25) is 5.91 Å². The number of imide groups is 1. The highest BCUT2D eigenvalue weighted by molar-refractivity contribution is 5.95. The van der Waals surface area contributed by atoms with E-state index >= 15 is 0 Å². The van der Waals surface area contributed by atoms with Crippen molar-refractivity contribution in [2.24, 2.45) is 0 Å². The van der Waals surface area contributed by atoms with Crippen LogP contribution >= 0.6 is 0 Å². The van der Waals surface area contributed by atoms with E-state index in [4.69, 9.17) is 6.42 Å². The maximum Gasteiger partial charge on any atom is 0.321 e. The predicted molar refractivity (Wildman–Crippen MR) is 89.6 cm³/mol. The quantitative estimate of drug-likeness (QED) is 0.620. The lowest BCUT2D eigenvalue weighted by atomic mass is 10.1. The molecule has 0 aliphatic heterocycles. The summed E-state index contributed by atoms with van der Waals surface area (Å²) in [6, 6.07) is 7.78. The van der Waals surface area contributed by atoms with Gasteiger partial charge in [-0.3, -0.25) is 15.0 Å². The lowest BCUT2D eigenvalue weighted by molar-refractivity contribution is -0.121. The second kappa shape index (κ2) is 8.16. The number of urea groups is 1. The van der Waals surface area contributed by atoms with Crippen molar-refractivity contribution in [1.82, 2.24) is 15.5 Å². The van der Waals surface area contributed by atoms with E-state index < -0.39 is 6.03 Å². The maximum absolute atomic E-state index is 12.1. The van der Waals surface area contributed by atoms with Crippen LogP contribution < -0.4 is 10.6 Å². The molecule has 0 heterocycles. The third-order valence-corrected chi connectivity index (χ3v) is 3.84. The zero-order valence-electron chi connectivity index (χ0n) is 13.0. The Labute approximate surface area is 136 Å². The van der Waals surface area contributed by atoms with Crippen LogP contribution in [-0.4, -0.2) is 36.5 Å². The summed E-state index contributed by atoms with van der Waals surface area (Å²) in [7, 11) is 0. The third-order valence-electron chi connectivity index (χ3n) is 3.84. The van der Waals surface area contributed by atoms with E-state index in [9.17, 15) is 9.59 Å². The Morgan fingerprint density at radius 2 is 2.22 bits per heavy atom. The van der Waals surface area contributed by atoms with Crippen molar-refractivity contribution in [3.8, 4) is 12.3 Å². The molecule has 0 aromatic heterocycles. The van der Waals surface area contributed by atoms with Crippen molar-refractivity contribution in [2.45, 2.75) is 18.9 Å². The zero-order valence-corrected chi connectivity index (χ0v) is 13.0. The van der Waals surface area contributed by atoms with Gasteiger partial charge in [-0.25, -0.2) is 4.79 Å². The summed E-state index contributed by atoms with van der Waals surface area (Å²) in [4.78, 5) is 25.5. The van der Waals surface area contributed by atoms with Crippen LogP contribution in [0.4, 0.5) is 4.79 Å². The summed E-state index contributed by atoms with van der Waals surface area (Å²) >= 11 is 0. The van der Waals surface area contributed by atoms with E-state index in [0.29, 0.717) is 13.1 Å². The Morgan fingerprint density at radius 3 is 2.96 bits per heavy atom. The Morgan fingerprint density at radius 1 is 1.43 bits per heavy atom. The van der Waals surface area contributed by atoms with E-state index in [2.05, 4.69) is 35.3 Å². The minimum absolute atomic E-state index is 0.0880. The molecule has 23 heavy (non-hydrogen) atoms. The average molecular weight is 311 g/mol. The summed E-state index contributed by atoms with van der Waals surface area (Å²) in [6.45, 7) is 4.26. The summed E-state index contributed by atoms with van der Waals surface area (Å²) < 4.78 is 0. The molecule has 1 atom stereocenters. The fourth-order valence-corrected chi connectivity index (χ4v) is 2.87. The second-order valence-corrected chi connectivity index (χ2v) is 5.41. The molecule has 0 bridgehead atoms. The first kappa shape index (κ1) is 16.8. The summed E-state index contributed by atoms with van der Waals surface area (Å²) in [5.74, 6) is 2.23. The number of aryl methyl sites for hydroxylation is 1. The number of amides is 3. The third kappa shape index (κ3) is 4.44. The topological polar surface area (TPSA) is 61.4 Å². The van der Waals surface area contributed by atoms with Crippen molar-refractivity contribution in [3.05, 3.63) is 48.0 Å². The fraction of sp³-hybridized carbons (Fsp3) is 0.333. The molecule has 0 fully saturated rings. The smallest absolute Gasteiger partial charge is 0.321 e. The van der Waals surface area contributed by atoms with Crippen LogP contribution in [0.2, 0.25) is 0 Å². The molecule has 1 aromatic rings. The normalized spacial score (nSPS) is 15.6. The van der Waals surface area contributed by atoms with Gasteiger partial charge in [0.05, 0.1) is 13.1 Å². The van der Waals surface area contributed by atoms with E-state index in [-0.39, 0.29) is 18.5 Å². The monoisotopic (exact) mass is 311 g/mol. The Balaban J connectivity index is 2.00. The first-order valence-corrected chi connectivity index (χ1v) is 7.59. The number of hydrogen-bond acceptors (Lipinski definition) is 3. The van der Waals surface area contributed by atoms with Gasteiger partial charge in [-0.15, -0.1) is 13.0 Å². The Hall–Kier alpha value is -2.58. The Kier molecular flexibility index (Phi) is 5.95. The average Bonchev–Trinajstić information content (AvgIpc) is 2.96. The van der Waals surface area contributed by atoms with Crippen molar-refractivity contribution >= 4 is 11.9 Å². The van der Waals surface area contributed by atoms with Crippen LogP contribution in [-0.2, 0) is 11.2 Å². The molecule has 1 aromatic carbocycles. The van der Waals surface area contributed by atoms with Crippen LogP contribution in [0.3, 0.4) is 0 Å². The van der Waals surface area contributed by atoms with Gasteiger partial charge in [-0.1, -0.05) is 36.3 Å². The molecule has 1 aliphatic carbocycles. The molecular formula is C18H21N3O2. The van der Waals surface area contributed by atoms with Gasteiger partial charge in [-0.2, -0.15) is 0 Å². The van der Waals surface area contributed by atoms with Crippen LogP contribution in [0, 0.1) is 12.3 Å². The van der Waals surface area contributed by atoms with Crippen LogP contribution in [0.5, 0.6) is 0 Å². The number of nitrogens with zero attached hydrogens (tertiary/aromatic N) is 1. The first-order valence-electron chi connectivity index (χ1n) is 7.59. The standard InChI is InChI=1S/C18H21N3O2/c1-3-11-19-18(23)20-17(22)13-21(12-4-2)16-10-9-14-7-5-6-8-15(14)16/h2-3,5-8,16H,1,9-13H2,(H2,19,20,22,23)/t16-/m0/s1. The van der Waals surface area contributed by atoms with E-state index in [1.165, 1.54) is 11.1 Å². The number of rotatable bonds is 6. The van der Waals surface area contributed by atoms with Gasteiger partial charge < -0.3 is 5.32 Å². The molecule has 2 N–H and O–H groups in total. The van der Waals surface area contributed by atoms with Crippen LogP contribution in [0.15, 0.2) is 36.9 Å². The number of hydrogen-bond donors (Lipinski definition) is 2. The highest BCUT2D eigenvalue weighted by Crippen LogP contribution is 2.35. The molecule has 0 unspecified atom stereocenters. The number of benzene rings is 1. The highest BCUT2D eigenvalue weighted by atomic mass is 16.2. The molecule has 5 nitrogen and oxygen atoms in total. The van der Waals surface area contributed by atoms with E-state index in [1.807, 2.05) is 17.0 Å². The Bertz CT molecular complexity index is 633. The second-order valence-electron chi connectivity index (χ2n) is 5.41. The summed E-state index contributed by atoms with van der Waals surface area (Å²) in [6.07, 6.45) is 8.89. The molecule has 0 radical (unpaired) electrons. The van der Waals surface area contributed by atoms with Gasteiger partial charge in [-0.05, 0) is 24.0 Å². The largest absolute Gasteiger partial charge is 0.334 e. The van der Waals surface area contributed by atoms with Gasteiger partial charge in [0.15, 0.2) is 0 Å². The molecular weight excluding hydrogens is 290 g/mol. The summed E-state index contributed by atoms with van der Waals surface area (Å²) in [5, 5.41) is 4.81. The van der Waals surface area contributed by atoms with Gasteiger partial charge in [0.25, 0.3) is 0 Å². The predicted octanol–water partition coefficient (Wildman–Crippen LogP) is 1.62. The van der Waals surface area contributed by atoms with Crippen molar-refractivity contribution in [3.63, 3.8) is 0 Å². The van der Waals surface area contributed by atoms with Crippen molar-refractivity contribution < 1.29 is 9.59 Å². The summed E-state index contributed by atoms with van der Waals surface area (Å²) in [5.41, 5.74) is 2.51. The first-order chi connectivity index (χ1) is 11.2. The number of fused-ring (bicyclic) bond motifs is 1. The molecule has 2 rings (SSSR count). The maximum atomic E-state index is 12.1. The molecule has 3 amide bonds. The lowest BCUT2D eigenvalue weighted by Gasteiger charge is -2.27. The number of terminal acetylenes is 1. The zero-order chi connectivity index (χ0) is 16.7. The molecule has 0 saturated heterocycles.